The van der Waals surface area contributed by atoms with Gasteiger partial charge in [-0.15, -0.1) is 5.53 Å². The van der Waals surface area contributed by atoms with E-state index < -0.39 is 24.5 Å². The lowest BCUT2D eigenvalue weighted by Gasteiger charge is -2.24. The summed E-state index contributed by atoms with van der Waals surface area (Å²) in [6.07, 6.45) is 6.67. The molecule has 0 saturated carbocycles. The summed E-state index contributed by atoms with van der Waals surface area (Å²) in [5.41, 5.74) is 7.01. The van der Waals surface area contributed by atoms with E-state index in [2.05, 4.69) is 17.9 Å². The molecule has 2 aliphatic rings. The van der Waals surface area contributed by atoms with E-state index in [-0.39, 0.29) is 6.61 Å². The first-order valence-corrected chi connectivity index (χ1v) is 8.30. The number of ether oxygens (including phenoxy) is 1. The Kier molecular flexibility index (Phi) is 6.91. The second-order valence-corrected chi connectivity index (χ2v) is 6.05. The van der Waals surface area contributed by atoms with Crippen LogP contribution in [0.2, 0.25) is 0 Å². The van der Waals surface area contributed by atoms with Gasteiger partial charge in [0.05, 0.1) is 6.61 Å². The first-order valence-electron chi connectivity index (χ1n) is 8.30. The van der Waals surface area contributed by atoms with Crippen molar-refractivity contribution in [2.45, 2.75) is 76.4 Å². The van der Waals surface area contributed by atoms with Crippen LogP contribution in [-0.4, -0.2) is 51.5 Å². The van der Waals surface area contributed by atoms with Crippen molar-refractivity contribution >= 4 is 0 Å². The molecule has 4 atom stereocenters. The second-order valence-electron chi connectivity index (χ2n) is 6.05. The molecule has 0 aliphatic carbocycles. The average molecular weight is 315 g/mol. The van der Waals surface area contributed by atoms with Crippen LogP contribution in [0.1, 0.15) is 51.9 Å². The zero-order valence-electron chi connectivity index (χ0n) is 13.2. The Morgan fingerprint density at radius 3 is 2.55 bits per heavy atom. The Bertz CT molecular complexity index is 367. The van der Waals surface area contributed by atoms with Gasteiger partial charge in [0, 0.05) is 11.9 Å². The molecular formula is C15H29N3O4. The molecule has 0 aromatic carbocycles. The van der Waals surface area contributed by atoms with Crippen molar-refractivity contribution in [1.29, 1.82) is 0 Å². The predicted octanol–water partition coefficient (Wildman–Crippen LogP) is 0.342. The number of hydrogen-bond donors (Lipinski definition) is 5. The lowest BCUT2D eigenvalue weighted by atomic mass is 10.1. The third-order valence-electron chi connectivity index (χ3n) is 4.23. The highest BCUT2D eigenvalue weighted by molar-refractivity contribution is 5.04. The number of hydrogen-bond acceptors (Lipinski definition) is 7. The summed E-state index contributed by atoms with van der Waals surface area (Å²) in [5.74, 6) is 0. The SMILES string of the molecule is CCCCCCCCC1=CN([C@@H]2O[C@H](CO)[C@@H](O)[C@@H]2O)NN1. The van der Waals surface area contributed by atoms with Gasteiger partial charge in [-0.2, -0.15) is 0 Å². The van der Waals surface area contributed by atoms with Crippen molar-refractivity contribution in [2.24, 2.45) is 0 Å². The standard InChI is InChI=1S/C15H29N3O4/c1-2-3-4-5-6-7-8-11-9-18(17-16-11)15-14(21)13(20)12(10-19)22-15/h9,12-17,19-21H,2-8,10H2,1H3/t12-,13-,14+,15-/m1/s1. The maximum Gasteiger partial charge on any atom is 0.174 e. The number of aliphatic hydroxyl groups is 3. The molecule has 128 valence electrons. The Labute approximate surface area is 131 Å². The zero-order chi connectivity index (χ0) is 15.9. The van der Waals surface area contributed by atoms with Crippen LogP contribution in [0.3, 0.4) is 0 Å². The van der Waals surface area contributed by atoms with Gasteiger partial charge in [0.15, 0.2) is 6.23 Å². The number of nitrogens with one attached hydrogen (secondary N) is 2. The fourth-order valence-corrected chi connectivity index (χ4v) is 2.84. The fraction of sp³-hybridized carbons (Fsp3) is 0.867. The molecule has 0 bridgehead atoms. The van der Waals surface area contributed by atoms with E-state index in [9.17, 15) is 10.2 Å². The van der Waals surface area contributed by atoms with Crippen molar-refractivity contribution in [3.63, 3.8) is 0 Å². The summed E-state index contributed by atoms with van der Waals surface area (Å²) in [4.78, 5) is 0. The summed E-state index contributed by atoms with van der Waals surface area (Å²) in [7, 11) is 0. The summed E-state index contributed by atoms with van der Waals surface area (Å²) < 4.78 is 5.47. The van der Waals surface area contributed by atoms with Crippen LogP contribution in [0.4, 0.5) is 0 Å². The van der Waals surface area contributed by atoms with E-state index in [1.807, 2.05) is 6.20 Å². The molecule has 0 unspecified atom stereocenters. The highest BCUT2D eigenvalue weighted by Crippen LogP contribution is 2.25. The largest absolute Gasteiger partial charge is 0.394 e. The highest BCUT2D eigenvalue weighted by atomic mass is 16.6. The molecule has 2 aliphatic heterocycles. The molecule has 7 heteroatoms. The first kappa shape index (κ1) is 17.5. The normalized spacial score (nSPS) is 31.5. The molecule has 5 N–H and O–H groups in total. The Balaban J connectivity index is 1.73. The van der Waals surface area contributed by atoms with E-state index in [0.717, 1.165) is 18.5 Å². The van der Waals surface area contributed by atoms with Crippen LogP contribution >= 0.6 is 0 Å². The van der Waals surface area contributed by atoms with Crippen molar-refractivity contribution in [3.8, 4) is 0 Å². The van der Waals surface area contributed by atoms with Crippen molar-refractivity contribution < 1.29 is 20.1 Å². The Morgan fingerprint density at radius 2 is 1.86 bits per heavy atom. The minimum Gasteiger partial charge on any atom is -0.394 e. The van der Waals surface area contributed by atoms with Gasteiger partial charge < -0.3 is 25.5 Å². The van der Waals surface area contributed by atoms with Gasteiger partial charge in [0.2, 0.25) is 0 Å². The van der Waals surface area contributed by atoms with E-state index in [1.54, 1.807) is 5.01 Å². The summed E-state index contributed by atoms with van der Waals surface area (Å²) in [6.45, 7) is 1.90. The average Bonchev–Trinajstić information content (AvgIpc) is 3.09. The van der Waals surface area contributed by atoms with Crippen LogP contribution < -0.4 is 11.0 Å². The number of allylic oxidation sites excluding steroid dienone is 1. The van der Waals surface area contributed by atoms with Gasteiger partial charge in [0.1, 0.15) is 18.3 Å². The summed E-state index contributed by atoms with van der Waals surface area (Å²) in [5, 5.41) is 30.5. The van der Waals surface area contributed by atoms with Gasteiger partial charge in [-0.25, -0.2) is 0 Å². The summed E-state index contributed by atoms with van der Waals surface area (Å²) in [6, 6.07) is 0. The van der Waals surface area contributed by atoms with Gasteiger partial charge in [-0.1, -0.05) is 39.0 Å². The molecular weight excluding hydrogens is 286 g/mol. The number of rotatable bonds is 9. The van der Waals surface area contributed by atoms with Crippen LogP contribution in [0.5, 0.6) is 0 Å². The van der Waals surface area contributed by atoms with Crippen molar-refractivity contribution in [3.05, 3.63) is 11.9 Å². The maximum absolute atomic E-state index is 9.98. The van der Waals surface area contributed by atoms with E-state index >= 15 is 0 Å². The molecule has 2 rings (SSSR count). The van der Waals surface area contributed by atoms with Crippen LogP contribution in [0.15, 0.2) is 11.9 Å². The first-order chi connectivity index (χ1) is 10.7. The molecule has 2 heterocycles. The topological polar surface area (TPSA) is 97.2 Å². The van der Waals surface area contributed by atoms with Gasteiger partial charge >= 0.3 is 0 Å². The third-order valence-corrected chi connectivity index (χ3v) is 4.23. The molecule has 0 spiro atoms. The third kappa shape index (κ3) is 4.33. The monoisotopic (exact) mass is 315 g/mol. The molecule has 0 aromatic rings. The van der Waals surface area contributed by atoms with E-state index in [4.69, 9.17) is 9.84 Å². The lowest BCUT2D eigenvalue weighted by molar-refractivity contribution is -0.0959. The second kappa shape index (κ2) is 8.69. The molecule has 0 amide bonds. The molecule has 0 radical (unpaired) electrons. The number of aliphatic hydroxyl groups excluding tert-OH is 3. The van der Waals surface area contributed by atoms with Crippen LogP contribution in [-0.2, 0) is 4.74 Å². The smallest absolute Gasteiger partial charge is 0.174 e. The van der Waals surface area contributed by atoms with E-state index in [1.165, 1.54) is 32.1 Å². The van der Waals surface area contributed by atoms with Crippen LogP contribution in [0.25, 0.3) is 0 Å². The Hall–Kier alpha value is -0.860. The molecule has 1 fully saturated rings. The quantitative estimate of drug-likeness (QED) is 0.392. The lowest BCUT2D eigenvalue weighted by Crippen LogP contribution is -2.48. The minimum atomic E-state index is -1.08. The number of unbranched alkanes of at least 4 members (excludes halogenated alkanes) is 5. The Morgan fingerprint density at radius 1 is 1.14 bits per heavy atom. The molecule has 1 saturated heterocycles. The van der Waals surface area contributed by atoms with E-state index in [0.29, 0.717) is 0 Å². The zero-order valence-corrected chi connectivity index (χ0v) is 13.2. The fourth-order valence-electron chi connectivity index (χ4n) is 2.84. The highest BCUT2D eigenvalue weighted by Gasteiger charge is 2.45. The molecule has 0 aromatic heterocycles. The van der Waals surface area contributed by atoms with Gasteiger partial charge in [-0.05, 0) is 12.8 Å². The maximum atomic E-state index is 9.98. The molecule has 7 nitrogen and oxygen atoms in total. The van der Waals surface area contributed by atoms with Gasteiger partial charge in [-0.3, -0.25) is 5.01 Å². The van der Waals surface area contributed by atoms with Crippen LogP contribution in [0, 0.1) is 0 Å². The van der Waals surface area contributed by atoms with Crippen molar-refractivity contribution in [1.82, 2.24) is 16.0 Å². The summed E-state index contributed by atoms with van der Waals surface area (Å²) >= 11 is 0. The predicted molar refractivity (Wildman–Crippen MR) is 81.9 cm³/mol. The van der Waals surface area contributed by atoms with Crippen molar-refractivity contribution in [2.75, 3.05) is 6.61 Å². The number of nitrogens with zero attached hydrogens (tertiary/aromatic N) is 1. The molecule has 22 heavy (non-hydrogen) atoms. The number of hydrazine groups is 2. The van der Waals surface area contributed by atoms with Gasteiger partial charge in [0.25, 0.3) is 0 Å². The minimum absolute atomic E-state index is 0.315.